The molecular weight excluding hydrogens is 298 g/mol. The molecule has 2 heterocycles. The van der Waals surface area contributed by atoms with Gasteiger partial charge in [0.1, 0.15) is 11.3 Å². The molecule has 2 aromatic carbocycles. The average Bonchev–Trinajstić information content (AvgIpc) is 3.02. The topological polar surface area (TPSA) is 55.6 Å². The Kier molecular flexibility index (Phi) is 3.46. The van der Waals surface area contributed by atoms with Gasteiger partial charge in [0.25, 0.3) is 0 Å². The normalized spacial score (nSPS) is 10.9. The van der Waals surface area contributed by atoms with Crippen LogP contribution in [-0.4, -0.2) is 19.7 Å². The smallest absolute Gasteiger partial charge is 0.181 e. The third-order valence-electron chi connectivity index (χ3n) is 4.06. The molecule has 0 saturated carbocycles. The fourth-order valence-electron chi connectivity index (χ4n) is 2.60. The van der Waals surface area contributed by atoms with Crippen molar-refractivity contribution in [3.63, 3.8) is 0 Å². The lowest BCUT2D eigenvalue weighted by molar-refractivity contribution is 0.897. The van der Waals surface area contributed by atoms with Gasteiger partial charge in [-0.2, -0.15) is 5.10 Å². The summed E-state index contributed by atoms with van der Waals surface area (Å²) in [5, 5.41) is 7.71. The molecule has 0 bridgehead atoms. The zero-order valence-electron chi connectivity index (χ0n) is 13.6. The van der Waals surface area contributed by atoms with Gasteiger partial charge in [-0.25, -0.2) is 14.6 Å². The van der Waals surface area contributed by atoms with Gasteiger partial charge in [-0.3, -0.25) is 0 Å². The highest BCUT2D eigenvalue weighted by molar-refractivity contribution is 5.74. The lowest BCUT2D eigenvalue weighted by Crippen LogP contribution is -1.99. The molecule has 0 aliphatic rings. The van der Waals surface area contributed by atoms with Crippen LogP contribution in [-0.2, 0) is 0 Å². The van der Waals surface area contributed by atoms with Crippen molar-refractivity contribution in [1.82, 2.24) is 19.7 Å². The molecule has 0 aliphatic carbocycles. The number of hydrogen-bond acceptors (Lipinski definition) is 4. The molecule has 5 nitrogen and oxygen atoms in total. The highest BCUT2D eigenvalue weighted by Gasteiger charge is 2.08. The fourth-order valence-corrected chi connectivity index (χ4v) is 2.60. The largest absolute Gasteiger partial charge is 0.339 e. The molecule has 2 aromatic heterocycles. The number of fused-ring (bicyclic) bond motifs is 1. The first-order valence-electron chi connectivity index (χ1n) is 7.81. The van der Waals surface area contributed by atoms with Crippen LogP contribution in [0.1, 0.15) is 11.1 Å². The van der Waals surface area contributed by atoms with Crippen LogP contribution in [0.4, 0.5) is 11.5 Å². The summed E-state index contributed by atoms with van der Waals surface area (Å²) in [7, 11) is 0. The van der Waals surface area contributed by atoms with Crippen LogP contribution in [0.15, 0.2) is 60.9 Å². The third-order valence-corrected chi connectivity index (χ3v) is 4.06. The Morgan fingerprint density at radius 1 is 0.917 bits per heavy atom. The SMILES string of the molecule is Cc1ccc(Nc2cnc3c(cnn3-c3ccccc3)n2)cc1C. The van der Waals surface area contributed by atoms with Crippen LogP contribution in [0, 0.1) is 13.8 Å². The highest BCUT2D eigenvalue weighted by atomic mass is 15.3. The summed E-state index contributed by atoms with van der Waals surface area (Å²) in [5.74, 6) is 0.707. The van der Waals surface area contributed by atoms with E-state index in [0.29, 0.717) is 5.82 Å². The Labute approximate surface area is 140 Å². The van der Waals surface area contributed by atoms with Crippen LogP contribution < -0.4 is 5.32 Å². The Morgan fingerprint density at radius 2 is 1.75 bits per heavy atom. The molecule has 0 atom stereocenters. The highest BCUT2D eigenvalue weighted by Crippen LogP contribution is 2.20. The summed E-state index contributed by atoms with van der Waals surface area (Å²) in [6.45, 7) is 4.20. The van der Waals surface area contributed by atoms with Gasteiger partial charge in [0.2, 0.25) is 0 Å². The van der Waals surface area contributed by atoms with Crippen molar-refractivity contribution in [2.24, 2.45) is 0 Å². The van der Waals surface area contributed by atoms with Crippen molar-refractivity contribution in [3.8, 4) is 5.69 Å². The van der Waals surface area contributed by atoms with E-state index in [2.05, 4.69) is 46.4 Å². The molecule has 4 rings (SSSR count). The second-order valence-corrected chi connectivity index (χ2v) is 5.78. The first kappa shape index (κ1) is 14.4. The molecule has 5 heteroatoms. The summed E-state index contributed by atoms with van der Waals surface area (Å²) in [6.07, 6.45) is 3.47. The number of hydrogen-bond donors (Lipinski definition) is 1. The van der Waals surface area contributed by atoms with Crippen molar-refractivity contribution in [2.75, 3.05) is 5.32 Å². The van der Waals surface area contributed by atoms with Crippen molar-refractivity contribution < 1.29 is 0 Å². The fraction of sp³-hybridized carbons (Fsp3) is 0.105. The molecule has 1 N–H and O–H groups in total. The van der Waals surface area contributed by atoms with Crippen molar-refractivity contribution in [2.45, 2.75) is 13.8 Å². The van der Waals surface area contributed by atoms with Gasteiger partial charge >= 0.3 is 0 Å². The van der Waals surface area contributed by atoms with Gasteiger partial charge in [-0.1, -0.05) is 24.3 Å². The Hall–Kier alpha value is -3.21. The third kappa shape index (κ3) is 2.60. The monoisotopic (exact) mass is 315 g/mol. The van der Waals surface area contributed by atoms with Gasteiger partial charge < -0.3 is 5.32 Å². The van der Waals surface area contributed by atoms with E-state index in [9.17, 15) is 0 Å². The van der Waals surface area contributed by atoms with Crippen LogP contribution in [0.2, 0.25) is 0 Å². The Bertz CT molecular complexity index is 1000. The summed E-state index contributed by atoms with van der Waals surface area (Å²) < 4.78 is 1.79. The number of rotatable bonds is 3. The van der Waals surface area contributed by atoms with Crippen LogP contribution >= 0.6 is 0 Å². The van der Waals surface area contributed by atoms with Gasteiger partial charge in [0.15, 0.2) is 5.65 Å². The lowest BCUT2D eigenvalue weighted by Gasteiger charge is -2.08. The molecule has 0 fully saturated rings. The average molecular weight is 315 g/mol. The maximum atomic E-state index is 4.61. The Morgan fingerprint density at radius 3 is 2.54 bits per heavy atom. The molecule has 0 radical (unpaired) electrons. The number of nitrogens with one attached hydrogen (secondary N) is 1. The Balaban J connectivity index is 1.68. The van der Waals surface area contributed by atoms with E-state index in [4.69, 9.17) is 0 Å². The van der Waals surface area contributed by atoms with Crippen LogP contribution in [0.5, 0.6) is 0 Å². The van der Waals surface area contributed by atoms with Crippen molar-refractivity contribution in [3.05, 3.63) is 72.1 Å². The quantitative estimate of drug-likeness (QED) is 0.616. The molecule has 0 spiro atoms. The summed E-state index contributed by atoms with van der Waals surface area (Å²) in [4.78, 5) is 9.14. The lowest BCUT2D eigenvalue weighted by atomic mass is 10.1. The predicted molar refractivity (Wildman–Crippen MR) is 95.9 cm³/mol. The van der Waals surface area contributed by atoms with Gasteiger partial charge in [-0.05, 0) is 49.2 Å². The van der Waals surface area contributed by atoms with Gasteiger partial charge in [0, 0.05) is 5.69 Å². The second kappa shape index (κ2) is 5.77. The van der Waals surface area contributed by atoms with E-state index in [1.165, 1.54) is 11.1 Å². The molecule has 24 heavy (non-hydrogen) atoms. The zero-order valence-corrected chi connectivity index (χ0v) is 13.6. The number of aryl methyl sites for hydroxylation is 2. The van der Waals surface area contributed by atoms with E-state index in [-0.39, 0.29) is 0 Å². The molecule has 0 unspecified atom stereocenters. The van der Waals surface area contributed by atoms with E-state index < -0.39 is 0 Å². The van der Waals surface area contributed by atoms with Crippen LogP contribution in [0.25, 0.3) is 16.9 Å². The summed E-state index contributed by atoms with van der Waals surface area (Å²) >= 11 is 0. The van der Waals surface area contributed by atoms with Crippen molar-refractivity contribution in [1.29, 1.82) is 0 Å². The van der Waals surface area contributed by atoms with Crippen molar-refractivity contribution >= 4 is 22.7 Å². The van der Waals surface area contributed by atoms with E-state index in [1.54, 1.807) is 17.1 Å². The second-order valence-electron chi connectivity index (χ2n) is 5.78. The van der Waals surface area contributed by atoms with E-state index in [0.717, 1.165) is 22.5 Å². The molecule has 118 valence electrons. The minimum Gasteiger partial charge on any atom is -0.339 e. The minimum atomic E-state index is 0.707. The number of anilines is 2. The zero-order chi connectivity index (χ0) is 16.5. The first-order valence-corrected chi connectivity index (χ1v) is 7.81. The van der Waals surface area contributed by atoms with E-state index in [1.807, 2.05) is 36.4 Å². The van der Waals surface area contributed by atoms with Crippen LogP contribution in [0.3, 0.4) is 0 Å². The summed E-state index contributed by atoms with van der Waals surface area (Å²) in [5.41, 5.74) is 5.98. The van der Waals surface area contributed by atoms with Gasteiger partial charge in [0.05, 0.1) is 18.1 Å². The molecule has 0 aliphatic heterocycles. The maximum Gasteiger partial charge on any atom is 0.181 e. The van der Waals surface area contributed by atoms with E-state index >= 15 is 0 Å². The molecule has 4 aromatic rings. The summed E-state index contributed by atoms with van der Waals surface area (Å²) in [6, 6.07) is 16.2. The number of para-hydroxylation sites is 1. The number of benzene rings is 2. The standard InChI is InChI=1S/C19H17N5/c1-13-8-9-15(10-14(13)2)22-18-12-20-19-17(23-18)11-21-24(19)16-6-4-3-5-7-16/h3-12H,1-2H3,(H,22,23). The number of aromatic nitrogens is 4. The maximum absolute atomic E-state index is 4.61. The number of nitrogens with zero attached hydrogens (tertiary/aromatic N) is 4. The first-order chi connectivity index (χ1) is 11.7. The minimum absolute atomic E-state index is 0.707. The molecular formula is C19H17N5. The molecule has 0 saturated heterocycles. The van der Waals surface area contributed by atoms with Gasteiger partial charge in [-0.15, -0.1) is 0 Å². The molecule has 0 amide bonds. The predicted octanol–water partition coefficient (Wildman–Crippen LogP) is 4.18.